The molecule has 4 aromatic rings. The molecule has 0 aliphatic rings. The van der Waals surface area contributed by atoms with E-state index in [0.29, 0.717) is 35.5 Å². The smallest absolute Gasteiger partial charge is 0.416 e. The standard InChI is InChI=1S/C25H22F3N3O3/c1-33-13-12-29-24(32)18-4-11-23-22(14-18)30-16-31(23)20-7-9-21(10-8-20)34-15-17-2-5-19(6-3-17)25(26,27)28/h2-11,14,16H,12-13,15H2,1H3,(H,29,32). The number of halogens is 3. The van der Waals surface area contributed by atoms with Crippen molar-refractivity contribution in [2.24, 2.45) is 0 Å². The molecule has 176 valence electrons. The van der Waals surface area contributed by atoms with Crippen molar-refractivity contribution in [2.75, 3.05) is 20.3 Å². The molecule has 1 heterocycles. The van der Waals surface area contributed by atoms with Crippen molar-refractivity contribution >= 4 is 16.9 Å². The lowest BCUT2D eigenvalue weighted by Crippen LogP contribution is -2.26. The summed E-state index contributed by atoms with van der Waals surface area (Å²) in [6, 6.07) is 17.5. The number of hydrogen-bond acceptors (Lipinski definition) is 4. The number of carbonyl (C=O) groups excluding carboxylic acids is 1. The van der Waals surface area contributed by atoms with E-state index in [1.807, 2.05) is 22.8 Å². The van der Waals surface area contributed by atoms with Crippen LogP contribution in [0.15, 0.2) is 73.1 Å². The summed E-state index contributed by atoms with van der Waals surface area (Å²) in [6.45, 7) is 1.02. The van der Waals surface area contributed by atoms with Crippen molar-refractivity contribution in [2.45, 2.75) is 12.8 Å². The number of nitrogens with one attached hydrogen (secondary N) is 1. The highest BCUT2D eigenvalue weighted by molar-refractivity contribution is 5.97. The first-order valence-corrected chi connectivity index (χ1v) is 10.5. The first-order chi connectivity index (χ1) is 16.3. The topological polar surface area (TPSA) is 65.4 Å². The number of alkyl halides is 3. The van der Waals surface area contributed by atoms with Crippen LogP contribution in [0.1, 0.15) is 21.5 Å². The Hall–Kier alpha value is -3.85. The zero-order chi connectivity index (χ0) is 24.1. The highest BCUT2D eigenvalue weighted by atomic mass is 19.4. The third kappa shape index (κ3) is 5.37. The molecule has 0 unspecified atom stereocenters. The summed E-state index contributed by atoms with van der Waals surface area (Å²) in [5.74, 6) is 0.395. The molecule has 6 nitrogen and oxygen atoms in total. The maximum absolute atomic E-state index is 12.7. The van der Waals surface area contributed by atoms with E-state index in [1.54, 1.807) is 37.7 Å². The van der Waals surface area contributed by atoms with E-state index in [4.69, 9.17) is 9.47 Å². The Kier molecular flexibility index (Phi) is 6.83. The molecule has 0 aliphatic heterocycles. The second kappa shape index (κ2) is 9.96. The number of imidazole rings is 1. The maximum atomic E-state index is 12.7. The van der Waals surface area contributed by atoms with Crippen LogP contribution in [0.2, 0.25) is 0 Å². The van der Waals surface area contributed by atoms with Gasteiger partial charge in [0.25, 0.3) is 5.91 Å². The predicted molar refractivity (Wildman–Crippen MR) is 121 cm³/mol. The minimum atomic E-state index is -4.36. The molecule has 3 aromatic carbocycles. The molecule has 1 aromatic heterocycles. The summed E-state index contributed by atoms with van der Waals surface area (Å²) in [6.07, 6.45) is -2.68. The van der Waals surface area contributed by atoms with E-state index in [0.717, 1.165) is 23.3 Å². The Morgan fingerprint density at radius 3 is 2.44 bits per heavy atom. The van der Waals surface area contributed by atoms with E-state index >= 15 is 0 Å². The van der Waals surface area contributed by atoms with Gasteiger partial charge in [0.2, 0.25) is 0 Å². The fraction of sp³-hybridized carbons (Fsp3) is 0.200. The average Bonchev–Trinajstić information content (AvgIpc) is 3.26. The van der Waals surface area contributed by atoms with Crippen LogP contribution in [-0.2, 0) is 17.5 Å². The Morgan fingerprint density at radius 1 is 1.03 bits per heavy atom. The molecule has 0 saturated heterocycles. The summed E-state index contributed by atoms with van der Waals surface area (Å²) < 4.78 is 50.6. The molecule has 1 amide bonds. The van der Waals surface area contributed by atoms with Crippen molar-refractivity contribution < 1.29 is 27.4 Å². The molecule has 0 spiro atoms. The van der Waals surface area contributed by atoms with Crippen LogP contribution in [0.25, 0.3) is 16.7 Å². The number of ether oxygens (including phenoxy) is 2. The van der Waals surface area contributed by atoms with Gasteiger partial charge in [-0.2, -0.15) is 13.2 Å². The zero-order valence-corrected chi connectivity index (χ0v) is 18.3. The van der Waals surface area contributed by atoms with Crippen molar-refractivity contribution in [1.29, 1.82) is 0 Å². The van der Waals surface area contributed by atoms with E-state index in [1.165, 1.54) is 12.1 Å². The molecule has 9 heteroatoms. The molecule has 0 fully saturated rings. The third-order valence-electron chi connectivity index (χ3n) is 5.20. The van der Waals surface area contributed by atoms with E-state index in [9.17, 15) is 18.0 Å². The zero-order valence-electron chi connectivity index (χ0n) is 18.3. The predicted octanol–water partition coefficient (Wildman–Crippen LogP) is 5.00. The monoisotopic (exact) mass is 469 g/mol. The highest BCUT2D eigenvalue weighted by Crippen LogP contribution is 2.29. The van der Waals surface area contributed by atoms with Gasteiger partial charge in [-0.3, -0.25) is 9.36 Å². The lowest BCUT2D eigenvalue weighted by Gasteiger charge is -2.10. The van der Waals surface area contributed by atoms with Gasteiger partial charge in [-0.25, -0.2) is 4.98 Å². The Labute approximate surface area is 193 Å². The summed E-state index contributed by atoms with van der Waals surface area (Å²) in [5.41, 5.74) is 2.84. The Bertz CT molecular complexity index is 1270. The number of amides is 1. The molecule has 0 radical (unpaired) electrons. The number of aromatic nitrogens is 2. The van der Waals surface area contributed by atoms with Crippen molar-refractivity contribution in [3.8, 4) is 11.4 Å². The molecule has 1 N–H and O–H groups in total. The van der Waals surface area contributed by atoms with Crippen molar-refractivity contribution in [1.82, 2.24) is 14.9 Å². The number of hydrogen-bond donors (Lipinski definition) is 1. The van der Waals surface area contributed by atoms with Crippen LogP contribution in [-0.4, -0.2) is 35.7 Å². The summed E-state index contributed by atoms with van der Waals surface area (Å²) >= 11 is 0. The first kappa shape index (κ1) is 23.3. The number of nitrogens with zero attached hydrogens (tertiary/aromatic N) is 2. The SMILES string of the molecule is COCCNC(=O)c1ccc2c(c1)ncn2-c1ccc(OCc2ccc(C(F)(F)F)cc2)cc1. The van der Waals surface area contributed by atoms with Gasteiger partial charge in [-0.1, -0.05) is 12.1 Å². The summed E-state index contributed by atoms with van der Waals surface area (Å²) in [4.78, 5) is 16.6. The van der Waals surface area contributed by atoms with E-state index in [-0.39, 0.29) is 12.5 Å². The minimum absolute atomic E-state index is 0.153. The summed E-state index contributed by atoms with van der Waals surface area (Å²) in [7, 11) is 1.57. The average molecular weight is 469 g/mol. The number of benzene rings is 3. The molecule has 34 heavy (non-hydrogen) atoms. The van der Waals surface area contributed by atoms with Gasteiger partial charge in [0, 0.05) is 24.9 Å². The molecular formula is C25H22F3N3O3. The fourth-order valence-corrected chi connectivity index (χ4v) is 3.39. The van der Waals surface area contributed by atoms with Gasteiger partial charge in [-0.05, 0) is 60.2 Å². The summed E-state index contributed by atoms with van der Waals surface area (Å²) in [5, 5.41) is 2.78. The van der Waals surface area contributed by atoms with Gasteiger partial charge in [0.1, 0.15) is 18.7 Å². The Morgan fingerprint density at radius 2 is 1.76 bits per heavy atom. The largest absolute Gasteiger partial charge is 0.489 e. The quantitative estimate of drug-likeness (QED) is 0.369. The molecule has 0 atom stereocenters. The van der Waals surface area contributed by atoms with Gasteiger partial charge in [0.05, 0.1) is 23.2 Å². The van der Waals surface area contributed by atoms with Crippen LogP contribution < -0.4 is 10.1 Å². The highest BCUT2D eigenvalue weighted by Gasteiger charge is 2.29. The fourth-order valence-electron chi connectivity index (χ4n) is 3.39. The van der Waals surface area contributed by atoms with E-state index < -0.39 is 11.7 Å². The third-order valence-corrected chi connectivity index (χ3v) is 5.20. The van der Waals surface area contributed by atoms with Crippen LogP contribution in [0.5, 0.6) is 5.75 Å². The maximum Gasteiger partial charge on any atom is 0.416 e. The van der Waals surface area contributed by atoms with Gasteiger partial charge >= 0.3 is 6.18 Å². The van der Waals surface area contributed by atoms with Crippen LogP contribution in [0, 0.1) is 0 Å². The number of rotatable bonds is 8. The normalized spacial score (nSPS) is 11.5. The van der Waals surface area contributed by atoms with Crippen molar-refractivity contribution in [3.63, 3.8) is 0 Å². The lowest BCUT2D eigenvalue weighted by atomic mass is 10.1. The first-order valence-electron chi connectivity index (χ1n) is 10.5. The second-order valence-electron chi connectivity index (χ2n) is 7.54. The molecular weight excluding hydrogens is 447 g/mol. The molecule has 0 bridgehead atoms. The molecule has 4 rings (SSSR count). The van der Waals surface area contributed by atoms with Crippen LogP contribution >= 0.6 is 0 Å². The second-order valence-corrected chi connectivity index (χ2v) is 7.54. The Balaban J connectivity index is 1.42. The molecule has 0 aliphatic carbocycles. The van der Waals surface area contributed by atoms with E-state index in [2.05, 4.69) is 10.3 Å². The van der Waals surface area contributed by atoms with Gasteiger partial charge in [-0.15, -0.1) is 0 Å². The number of carbonyl (C=O) groups is 1. The minimum Gasteiger partial charge on any atom is -0.489 e. The van der Waals surface area contributed by atoms with Crippen molar-refractivity contribution in [3.05, 3.63) is 89.7 Å². The van der Waals surface area contributed by atoms with Gasteiger partial charge < -0.3 is 14.8 Å². The lowest BCUT2D eigenvalue weighted by molar-refractivity contribution is -0.137. The van der Waals surface area contributed by atoms with Gasteiger partial charge in [0.15, 0.2) is 0 Å². The molecule has 0 saturated carbocycles. The van der Waals surface area contributed by atoms with Crippen LogP contribution in [0.4, 0.5) is 13.2 Å². The number of fused-ring (bicyclic) bond motifs is 1. The number of methoxy groups -OCH3 is 1. The van der Waals surface area contributed by atoms with Crippen LogP contribution in [0.3, 0.4) is 0 Å².